The number of likely N-dealkylation sites (N-methyl/N-ethyl adjacent to an activating group) is 1. The van der Waals surface area contributed by atoms with Gasteiger partial charge in [-0.3, -0.25) is 0 Å². The molecule has 1 rings (SSSR count). The van der Waals surface area contributed by atoms with E-state index in [0.717, 1.165) is 29.1 Å². The minimum Gasteiger partial charge on any atom is -0.496 e. The highest BCUT2D eigenvalue weighted by Crippen LogP contribution is 2.33. The van der Waals surface area contributed by atoms with Crippen molar-refractivity contribution in [1.29, 1.82) is 0 Å². The lowest BCUT2D eigenvalue weighted by atomic mass is 10.0. The molecule has 1 aromatic carbocycles. The van der Waals surface area contributed by atoms with Crippen LogP contribution in [-0.4, -0.2) is 20.7 Å². The fourth-order valence-corrected chi connectivity index (χ4v) is 1.99. The fraction of sp³-hybridized carbons (Fsp3) is 0.429. The second-order valence-electron chi connectivity index (χ2n) is 4.49. The van der Waals surface area contributed by atoms with Crippen LogP contribution < -0.4 is 15.4 Å². The normalized spacial score (nSPS) is 12.1. The molecule has 0 saturated carbocycles. The number of hydrogen-bond donors (Lipinski definition) is 1. The van der Waals surface area contributed by atoms with E-state index in [9.17, 15) is 0 Å². The standard InChI is InChI=1S/C14H22N2O/c1-10(2)9-16(4)12-7-6-8-13(17-5)14(12)11(3)15/h6-8,11H,1,9,15H2,2-5H3/t11-/m0/s1. The van der Waals surface area contributed by atoms with E-state index in [1.807, 2.05) is 33.0 Å². The van der Waals surface area contributed by atoms with E-state index in [0.29, 0.717) is 0 Å². The summed E-state index contributed by atoms with van der Waals surface area (Å²) in [6.45, 7) is 8.73. The van der Waals surface area contributed by atoms with Crippen LogP contribution in [0.15, 0.2) is 30.4 Å². The van der Waals surface area contributed by atoms with Crippen molar-refractivity contribution in [1.82, 2.24) is 0 Å². The number of nitrogens with zero attached hydrogens (tertiary/aromatic N) is 1. The van der Waals surface area contributed by atoms with Crippen molar-refractivity contribution in [2.24, 2.45) is 5.73 Å². The van der Waals surface area contributed by atoms with Gasteiger partial charge in [-0.05, 0) is 26.0 Å². The molecule has 0 amide bonds. The molecule has 0 saturated heterocycles. The highest BCUT2D eigenvalue weighted by molar-refractivity contribution is 5.60. The fourth-order valence-electron chi connectivity index (χ4n) is 1.99. The Morgan fingerprint density at radius 3 is 2.65 bits per heavy atom. The van der Waals surface area contributed by atoms with Gasteiger partial charge in [-0.2, -0.15) is 0 Å². The van der Waals surface area contributed by atoms with Crippen LogP contribution in [0.25, 0.3) is 0 Å². The average Bonchev–Trinajstić information content (AvgIpc) is 2.26. The van der Waals surface area contributed by atoms with Gasteiger partial charge in [-0.15, -0.1) is 0 Å². The zero-order valence-corrected chi connectivity index (χ0v) is 11.2. The third kappa shape index (κ3) is 3.24. The molecule has 1 aromatic rings. The molecule has 2 N–H and O–H groups in total. The lowest BCUT2D eigenvalue weighted by molar-refractivity contribution is 0.407. The Balaban J connectivity index is 3.18. The molecule has 0 aromatic heterocycles. The Bertz CT molecular complexity index is 399. The molecule has 0 aliphatic carbocycles. The minimum absolute atomic E-state index is 0.0614. The van der Waals surface area contributed by atoms with Crippen molar-refractivity contribution >= 4 is 5.69 Å². The highest BCUT2D eigenvalue weighted by atomic mass is 16.5. The lowest BCUT2D eigenvalue weighted by Gasteiger charge is -2.25. The minimum atomic E-state index is -0.0614. The first kappa shape index (κ1) is 13.6. The molecule has 0 aliphatic heterocycles. The van der Waals surface area contributed by atoms with Gasteiger partial charge in [0.15, 0.2) is 0 Å². The smallest absolute Gasteiger partial charge is 0.125 e. The number of hydrogen-bond acceptors (Lipinski definition) is 3. The summed E-state index contributed by atoms with van der Waals surface area (Å²) < 4.78 is 5.37. The Kier molecular flexibility index (Phi) is 4.58. The summed E-state index contributed by atoms with van der Waals surface area (Å²) in [6, 6.07) is 5.92. The van der Waals surface area contributed by atoms with Crippen molar-refractivity contribution in [2.75, 3.05) is 25.6 Å². The number of ether oxygens (including phenoxy) is 1. The molecule has 0 unspecified atom stereocenters. The van der Waals surface area contributed by atoms with Gasteiger partial charge in [0.1, 0.15) is 5.75 Å². The largest absolute Gasteiger partial charge is 0.496 e. The van der Waals surface area contributed by atoms with Gasteiger partial charge >= 0.3 is 0 Å². The van der Waals surface area contributed by atoms with Gasteiger partial charge in [0.05, 0.1) is 7.11 Å². The van der Waals surface area contributed by atoms with Crippen molar-refractivity contribution in [3.8, 4) is 5.75 Å². The van der Waals surface area contributed by atoms with E-state index < -0.39 is 0 Å². The van der Waals surface area contributed by atoms with E-state index in [-0.39, 0.29) is 6.04 Å². The molecule has 3 nitrogen and oxygen atoms in total. The molecule has 0 heterocycles. The maximum Gasteiger partial charge on any atom is 0.125 e. The van der Waals surface area contributed by atoms with Gasteiger partial charge in [-0.25, -0.2) is 0 Å². The van der Waals surface area contributed by atoms with Crippen LogP contribution in [0.4, 0.5) is 5.69 Å². The first-order valence-electron chi connectivity index (χ1n) is 5.75. The summed E-state index contributed by atoms with van der Waals surface area (Å²) in [5, 5.41) is 0. The van der Waals surface area contributed by atoms with Crippen molar-refractivity contribution in [3.63, 3.8) is 0 Å². The average molecular weight is 234 g/mol. The molecule has 0 bridgehead atoms. The Hall–Kier alpha value is -1.48. The molecular formula is C14H22N2O. The number of nitrogens with two attached hydrogens (primary N) is 1. The first-order chi connectivity index (χ1) is 7.97. The second-order valence-corrected chi connectivity index (χ2v) is 4.49. The van der Waals surface area contributed by atoms with Crippen LogP contribution in [0.3, 0.4) is 0 Å². The summed E-state index contributed by atoms with van der Waals surface area (Å²) in [6.07, 6.45) is 0. The number of methoxy groups -OCH3 is 1. The SMILES string of the molecule is C=C(C)CN(C)c1cccc(OC)c1[C@H](C)N. The number of benzene rings is 1. The predicted octanol–water partition coefficient (Wildman–Crippen LogP) is 2.73. The molecule has 17 heavy (non-hydrogen) atoms. The van der Waals surface area contributed by atoms with Gasteiger partial charge in [0.25, 0.3) is 0 Å². The third-order valence-electron chi connectivity index (χ3n) is 2.64. The van der Waals surface area contributed by atoms with E-state index in [1.54, 1.807) is 7.11 Å². The van der Waals surface area contributed by atoms with E-state index >= 15 is 0 Å². The summed E-state index contributed by atoms with van der Waals surface area (Å²) in [7, 11) is 3.71. The first-order valence-corrected chi connectivity index (χ1v) is 5.75. The highest BCUT2D eigenvalue weighted by Gasteiger charge is 2.15. The zero-order valence-electron chi connectivity index (χ0n) is 11.2. The molecule has 0 aliphatic rings. The molecule has 0 spiro atoms. The molecule has 1 atom stereocenters. The summed E-state index contributed by atoms with van der Waals surface area (Å²) in [5.41, 5.74) is 9.29. The third-order valence-corrected chi connectivity index (χ3v) is 2.64. The lowest BCUT2D eigenvalue weighted by Crippen LogP contribution is -2.22. The summed E-state index contributed by atoms with van der Waals surface area (Å²) in [4.78, 5) is 2.14. The zero-order chi connectivity index (χ0) is 13.0. The van der Waals surface area contributed by atoms with Crippen LogP contribution >= 0.6 is 0 Å². The van der Waals surface area contributed by atoms with Crippen LogP contribution in [0, 0.1) is 0 Å². The number of anilines is 1. The van der Waals surface area contributed by atoms with Gasteiger partial charge in [-0.1, -0.05) is 18.2 Å². The maximum atomic E-state index is 6.03. The van der Waals surface area contributed by atoms with Crippen LogP contribution in [0.1, 0.15) is 25.5 Å². The Morgan fingerprint density at radius 2 is 2.18 bits per heavy atom. The van der Waals surface area contributed by atoms with Gasteiger partial charge in [0, 0.05) is 30.9 Å². The molecular weight excluding hydrogens is 212 g/mol. The van der Waals surface area contributed by atoms with Crippen LogP contribution in [-0.2, 0) is 0 Å². The van der Waals surface area contributed by atoms with Gasteiger partial charge in [0.2, 0.25) is 0 Å². The summed E-state index contributed by atoms with van der Waals surface area (Å²) in [5.74, 6) is 0.839. The molecule has 0 radical (unpaired) electrons. The van der Waals surface area contributed by atoms with Crippen LogP contribution in [0.2, 0.25) is 0 Å². The van der Waals surface area contributed by atoms with E-state index in [2.05, 4.69) is 17.5 Å². The number of rotatable bonds is 5. The topological polar surface area (TPSA) is 38.5 Å². The molecule has 0 fully saturated rings. The van der Waals surface area contributed by atoms with Gasteiger partial charge < -0.3 is 15.4 Å². The molecule has 94 valence electrons. The van der Waals surface area contributed by atoms with E-state index in [1.165, 1.54) is 0 Å². The van der Waals surface area contributed by atoms with E-state index in [4.69, 9.17) is 10.5 Å². The van der Waals surface area contributed by atoms with Crippen molar-refractivity contribution in [2.45, 2.75) is 19.9 Å². The quantitative estimate of drug-likeness (QED) is 0.796. The Labute approximate surface area is 104 Å². The maximum absolute atomic E-state index is 6.03. The summed E-state index contributed by atoms with van der Waals surface area (Å²) >= 11 is 0. The molecule has 3 heteroatoms. The predicted molar refractivity (Wildman–Crippen MR) is 73.7 cm³/mol. The second kappa shape index (κ2) is 5.73. The monoisotopic (exact) mass is 234 g/mol. The Morgan fingerprint density at radius 1 is 1.53 bits per heavy atom. The van der Waals surface area contributed by atoms with Crippen molar-refractivity contribution < 1.29 is 4.74 Å². The van der Waals surface area contributed by atoms with Crippen molar-refractivity contribution in [3.05, 3.63) is 35.9 Å². The van der Waals surface area contributed by atoms with Crippen LogP contribution in [0.5, 0.6) is 5.75 Å².